The van der Waals surface area contributed by atoms with Gasteiger partial charge in [-0.3, -0.25) is 0 Å². The standard InChI is InChI=1S/C10H13NO2/c12-10-7-13-6-9(10)11-8-4-2-1-3-5-8/h1-5,9-12H,6-7H2/t9-,10-/m1/s1. The van der Waals surface area contributed by atoms with Crippen LogP contribution in [-0.2, 0) is 4.74 Å². The number of aliphatic hydroxyl groups is 1. The van der Waals surface area contributed by atoms with Crippen molar-refractivity contribution in [3.8, 4) is 0 Å². The Bertz CT molecular complexity index is 263. The zero-order valence-corrected chi connectivity index (χ0v) is 7.31. The smallest absolute Gasteiger partial charge is 0.0996 e. The SMILES string of the molecule is O[C@@H]1COC[C@H]1Nc1ccccc1. The van der Waals surface area contributed by atoms with Gasteiger partial charge in [0.2, 0.25) is 0 Å². The number of para-hydroxylation sites is 1. The Kier molecular flexibility index (Phi) is 2.47. The predicted molar refractivity (Wildman–Crippen MR) is 50.7 cm³/mol. The van der Waals surface area contributed by atoms with Crippen molar-refractivity contribution >= 4 is 5.69 Å². The third-order valence-corrected chi connectivity index (χ3v) is 2.18. The zero-order valence-electron chi connectivity index (χ0n) is 7.31. The summed E-state index contributed by atoms with van der Waals surface area (Å²) in [4.78, 5) is 0. The Morgan fingerprint density at radius 1 is 1.23 bits per heavy atom. The lowest BCUT2D eigenvalue weighted by molar-refractivity contribution is 0.125. The van der Waals surface area contributed by atoms with E-state index in [0.29, 0.717) is 13.2 Å². The second kappa shape index (κ2) is 3.77. The maximum Gasteiger partial charge on any atom is 0.0996 e. The molecule has 0 amide bonds. The van der Waals surface area contributed by atoms with E-state index in [2.05, 4.69) is 5.32 Å². The summed E-state index contributed by atoms with van der Waals surface area (Å²) in [5, 5.41) is 12.7. The normalized spacial score (nSPS) is 27.5. The number of hydrogen-bond acceptors (Lipinski definition) is 3. The molecule has 13 heavy (non-hydrogen) atoms. The van der Waals surface area contributed by atoms with Gasteiger partial charge in [0.1, 0.15) is 0 Å². The highest BCUT2D eigenvalue weighted by Gasteiger charge is 2.25. The van der Waals surface area contributed by atoms with E-state index < -0.39 is 0 Å². The number of aliphatic hydroxyl groups excluding tert-OH is 1. The lowest BCUT2D eigenvalue weighted by atomic mass is 10.2. The second-order valence-corrected chi connectivity index (χ2v) is 3.22. The van der Waals surface area contributed by atoms with Gasteiger partial charge in [-0.05, 0) is 12.1 Å². The van der Waals surface area contributed by atoms with Crippen molar-refractivity contribution in [2.75, 3.05) is 18.5 Å². The third kappa shape index (κ3) is 1.99. The maximum atomic E-state index is 9.46. The summed E-state index contributed by atoms with van der Waals surface area (Å²) in [6.07, 6.45) is -0.389. The minimum absolute atomic E-state index is 0.0300. The number of hydrogen-bond donors (Lipinski definition) is 2. The first kappa shape index (κ1) is 8.53. The molecule has 2 N–H and O–H groups in total. The van der Waals surface area contributed by atoms with Gasteiger partial charge in [-0.2, -0.15) is 0 Å². The fourth-order valence-electron chi connectivity index (χ4n) is 1.43. The van der Waals surface area contributed by atoms with Crippen molar-refractivity contribution < 1.29 is 9.84 Å². The van der Waals surface area contributed by atoms with E-state index in [-0.39, 0.29) is 12.1 Å². The van der Waals surface area contributed by atoms with E-state index in [1.165, 1.54) is 0 Å². The Morgan fingerprint density at radius 3 is 2.62 bits per heavy atom. The fourth-order valence-corrected chi connectivity index (χ4v) is 1.43. The van der Waals surface area contributed by atoms with Gasteiger partial charge in [0.15, 0.2) is 0 Å². The fraction of sp³-hybridized carbons (Fsp3) is 0.400. The molecule has 1 saturated heterocycles. The molecule has 0 aliphatic carbocycles. The van der Waals surface area contributed by atoms with Crippen LogP contribution >= 0.6 is 0 Å². The van der Waals surface area contributed by atoms with E-state index in [1.54, 1.807) is 0 Å². The van der Waals surface area contributed by atoms with Gasteiger partial charge in [-0.15, -0.1) is 0 Å². The van der Waals surface area contributed by atoms with Gasteiger partial charge in [-0.1, -0.05) is 18.2 Å². The van der Waals surface area contributed by atoms with Gasteiger partial charge in [0.05, 0.1) is 25.4 Å². The summed E-state index contributed by atoms with van der Waals surface area (Å²) in [5.41, 5.74) is 1.03. The molecule has 1 aliphatic heterocycles. The van der Waals surface area contributed by atoms with Crippen LogP contribution in [0.15, 0.2) is 30.3 Å². The lowest BCUT2D eigenvalue weighted by Gasteiger charge is -2.15. The van der Waals surface area contributed by atoms with E-state index in [0.717, 1.165) is 5.69 Å². The molecule has 0 spiro atoms. The van der Waals surface area contributed by atoms with Crippen molar-refractivity contribution in [2.45, 2.75) is 12.1 Å². The van der Waals surface area contributed by atoms with Crippen molar-refractivity contribution in [1.29, 1.82) is 0 Å². The van der Waals surface area contributed by atoms with Crippen LogP contribution in [0, 0.1) is 0 Å². The molecule has 0 unspecified atom stereocenters. The van der Waals surface area contributed by atoms with Gasteiger partial charge in [0, 0.05) is 5.69 Å². The first-order chi connectivity index (χ1) is 6.36. The molecule has 0 radical (unpaired) electrons. The molecular weight excluding hydrogens is 166 g/mol. The van der Waals surface area contributed by atoms with E-state index in [4.69, 9.17) is 4.74 Å². The number of anilines is 1. The van der Waals surface area contributed by atoms with Crippen molar-refractivity contribution in [3.05, 3.63) is 30.3 Å². The van der Waals surface area contributed by atoms with E-state index in [1.807, 2.05) is 30.3 Å². The van der Waals surface area contributed by atoms with Crippen LogP contribution in [0.5, 0.6) is 0 Å². The van der Waals surface area contributed by atoms with Crippen LogP contribution in [0.2, 0.25) is 0 Å². The Labute approximate surface area is 77.3 Å². The topological polar surface area (TPSA) is 41.5 Å². The first-order valence-electron chi connectivity index (χ1n) is 4.43. The number of nitrogens with one attached hydrogen (secondary N) is 1. The van der Waals surface area contributed by atoms with Crippen LogP contribution < -0.4 is 5.32 Å². The van der Waals surface area contributed by atoms with Crippen LogP contribution in [0.1, 0.15) is 0 Å². The van der Waals surface area contributed by atoms with E-state index in [9.17, 15) is 5.11 Å². The van der Waals surface area contributed by atoms with Crippen LogP contribution in [0.3, 0.4) is 0 Å². The third-order valence-electron chi connectivity index (χ3n) is 2.18. The van der Waals surface area contributed by atoms with Crippen molar-refractivity contribution in [3.63, 3.8) is 0 Å². The minimum atomic E-state index is -0.389. The van der Waals surface area contributed by atoms with Gasteiger partial charge in [-0.25, -0.2) is 0 Å². The first-order valence-corrected chi connectivity index (χ1v) is 4.43. The highest BCUT2D eigenvalue weighted by molar-refractivity contribution is 5.43. The molecule has 3 heteroatoms. The van der Waals surface area contributed by atoms with Gasteiger partial charge < -0.3 is 15.2 Å². The molecule has 1 aliphatic rings. The molecule has 1 fully saturated rings. The molecule has 3 nitrogen and oxygen atoms in total. The highest BCUT2D eigenvalue weighted by Crippen LogP contribution is 2.13. The maximum absolute atomic E-state index is 9.46. The molecule has 0 bridgehead atoms. The number of ether oxygens (including phenoxy) is 1. The molecule has 0 aromatic heterocycles. The Balaban J connectivity index is 1.98. The molecule has 1 aromatic rings. The zero-order chi connectivity index (χ0) is 9.10. The Morgan fingerprint density at radius 2 is 2.00 bits per heavy atom. The quantitative estimate of drug-likeness (QED) is 0.707. The van der Waals surface area contributed by atoms with Crippen LogP contribution in [-0.4, -0.2) is 30.5 Å². The minimum Gasteiger partial charge on any atom is -0.388 e. The van der Waals surface area contributed by atoms with Gasteiger partial charge >= 0.3 is 0 Å². The molecule has 0 saturated carbocycles. The summed E-state index contributed by atoms with van der Waals surface area (Å²) < 4.78 is 5.13. The van der Waals surface area contributed by atoms with Crippen LogP contribution in [0.4, 0.5) is 5.69 Å². The summed E-state index contributed by atoms with van der Waals surface area (Å²) in [6, 6.07) is 9.88. The van der Waals surface area contributed by atoms with Gasteiger partial charge in [0.25, 0.3) is 0 Å². The lowest BCUT2D eigenvalue weighted by Crippen LogP contribution is -2.31. The second-order valence-electron chi connectivity index (χ2n) is 3.22. The summed E-state index contributed by atoms with van der Waals surface area (Å²) in [5.74, 6) is 0. The molecule has 1 aromatic carbocycles. The number of benzene rings is 1. The molecule has 2 atom stereocenters. The number of rotatable bonds is 2. The summed E-state index contributed by atoms with van der Waals surface area (Å²) in [7, 11) is 0. The Hall–Kier alpha value is -1.06. The summed E-state index contributed by atoms with van der Waals surface area (Å²) >= 11 is 0. The monoisotopic (exact) mass is 179 g/mol. The summed E-state index contributed by atoms with van der Waals surface area (Å²) in [6.45, 7) is 1.01. The average molecular weight is 179 g/mol. The molecule has 2 rings (SSSR count). The largest absolute Gasteiger partial charge is 0.388 e. The van der Waals surface area contributed by atoms with Crippen molar-refractivity contribution in [2.24, 2.45) is 0 Å². The molecule has 70 valence electrons. The average Bonchev–Trinajstić information content (AvgIpc) is 2.54. The van der Waals surface area contributed by atoms with Crippen molar-refractivity contribution in [1.82, 2.24) is 0 Å². The predicted octanol–water partition coefficient (Wildman–Crippen LogP) is 0.858. The molecule has 1 heterocycles. The molecular formula is C10H13NO2. The van der Waals surface area contributed by atoms with E-state index >= 15 is 0 Å². The highest BCUT2D eigenvalue weighted by atomic mass is 16.5. The van der Waals surface area contributed by atoms with Crippen LogP contribution in [0.25, 0.3) is 0 Å².